The predicted molar refractivity (Wildman–Crippen MR) is 87.1 cm³/mol. The van der Waals surface area contributed by atoms with Gasteiger partial charge in [0.2, 0.25) is 5.91 Å². The number of carbonyl (C=O) groups excluding carboxylic acids is 1. The molecule has 3 rings (SSSR count). The molecule has 22 heavy (non-hydrogen) atoms. The van der Waals surface area contributed by atoms with Crippen LogP contribution in [-0.4, -0.2) is 26.9 Å². The van der Waals surface area contributed by atoms with Crippen LogP contribution < -0.4 is 0 Å². The zero-order valence-electron chi connectivity index (χ0n) is 12.2. The highest BCUT2D eigenvalue weighted by Gasteiger charge is 2.33. The summed E-state index contributed by atoms with van der Waals surface area (Å²) in [6.07, 6.45) is 7.11. The van der Waals surface area contributed by atoms with Crippen molar-refractivity contribution in [1.29, 1.82) is 0 Å². The molecule has 0 saturated carbocycles. The molecule has 1 fully saturated rings. The summed E-state index contributed by atoms with van der Waals surface area (Å²) in [4.78, 5) is 18.7. The molecule has 0 N–H and O–H groups in total. The zero-order chi connectivity index (χ0) is 15.7. The second kappa shape index (κ2) is 6.31. The number of benzene rings is 1. The number of carbonyl (C=O) groups is 1. The molecule has 0 aliphatic carbocycles. The van der Waals surface area contributed by atoms with Crippen LogP contribution in [0.1, 0.15) is 37.4 Å². The molecule has 6 heteroatoms. The molecule has 4 nitrogen and oxygen atoms in total. The second-order valence-corrected chi connectivity index (χ2v) is 6.36. The first-order valence-electron chi connectivity index (χ1n) is 7.31. The van der Waals surface area contributed by atoms with Gasteiger partial charge in [0.05, 0.1) is 22.4 Å². The fourth-order valence-corrected chi connectivity index (χ4v) is 3.27. The fraction of sp³-hybridized carbons (Fsp3) is 0.375. The van der Waals surface area contributed by atoms with E-state index in [1.54, 1.807) is 18.6 Å². The first kappa shape index (κ1) is 15.4. The van der Waals surface area contributed by atoms with Crippen LogP contribution in [0.2, 0.25) is 10.0 Å². The van der Waals surface area contributed by atoms with Gasteiger partial charge in [-0.1, -0.05) is 29.3 Å². The quantitative estimate of drug-likeness (QED) is 0.845. The predicted octanol–water partition coefficient (Wildman–Crippen LogP) is 4.11. The Bertz CT molecular complexity index is 672. The molecule has 1 amide bonds. The molecule has 0 bridgehead atoms. The van der Waals surface area contributed by atoms with Gasteiger partial charge in [0.15, 0.2) is 0 Å². The fourth-order valence-electron chi connectivity index (χ4n) is 2.96. The Morgan fingerprint density at radius 1 is 1.36 bits per heavy atom. The maximum atomic E-state index is 12.8. The van der Waals surface area contributed by atoms with Crippen molar-refractivity contribution < 1.29 is 4.79 Å². The molecule has 0 unspecified atom stereocenters. The van der Waals surface area contributed by atoms with E-state index in [1.165, 1.54) is 0 Å². The number of amides is 1. The van der Waals surface area contributed by atoms with Gasteiger partial charge in [-0.25, -0.2) is 4.98 Å². The maximum absolute atomic E-state index is 12.8. The lowest BCUT2D eigenvalue weighted by Crippen LogP contribution is -2.35. The highest BCUT2D eigenvalue weighted by Crippen LogP contribution is 2.36. The van der Waals surface area contributed by atoms with Crippen molar-refractivity contribution in [3.05, 3.63) is 52.5 Å². The summed E-state index contributed by atoms with van der Waals surface area (Å²) in [6.45, 7) is 2.66. The summed E-state index contributed by atoms with van der Waals surface area (Å²) >= 11 is 12.1. The van der Waals surface area contributed by atoms with Crippen molar-refractivity contribution >= 4 is 29.1 Å². The monoisotopic (exact) mass is 337 g/mol. The molecule has 1 aliphatic heterocycles. The number of hydrogen-bond donors (Lipinski definition) is 0. The first-order valence-corrected chi connectivity index (χ1v) is 8.06. The number of hydrogen-bond acceptors (Lipinski definition) is 2. The van der Waals surface area contributed by atoms with Crippen LogP contribution in [0.3, 0.4) is 0 Å². The van der Waals surface area contributed by atoms with E-state index in [4.69, 9.17) is 23.2 Å². The Kier molecular flexibility index (Phi) is 4.41. The number of imidazole rings is 1. The number of aromatic nitrogens is 2. The van der Waals surface area contributed by atoms with Crippen LogP contribution in [-0.2, 0) is 4.79 Å². The number of halogens is 2. The van der Waals surface area contributed by atoms with Crippen molar-refractivity contribution in [3.63, 3.8) is 0 Å². The van der Waals surface area contributed by atoms with E-state index in [9.17, 15) is 4.79 Å². The van der Waals surface area contributed by atoms with Gasteiger partial charge in [0.25, 0.3) is 0 Å². The first-order chi connectivity index (χ1) is 10.6. The molecule has 2 aromatic rings. The third-order valence-corrected chi connectivity index (χ3v) is 4.93. The highest BCUT2D eigenvalue weighted by atomic mass is 35.5. The van der Waals surface area contributed by atoms with E-state index in [2.05, 4.69) is 4.98 Å². The van der Waals surface area contributed by atoms with E-state index >= 15 is 0 Å². The molecular formula is C16H17Cl2N3O. The van der Waals surface area contributed by atoms with E-state index in [1.807, 2.05) is 34.7 Å². The minimum absolute atomic E-state index is 0.0632. The minimum atomic E-state index is -0.258. The average molecular weight is 338 g/mol. The molecule has 2 atom stereocenters. The summed E-state index contributed by atoms with van der Waals surface area (Å²) < 4.78 is 1.83. The molecule has 1 aromatic heterocycles. The number of nitrogens with zero attached hydrogens (tertiary/aromatic N) is 3. The standard InChI is InChI=1S/C16H17Cl2N3O/c1-11(20-8-6-19-10-20)16(22)21-7-2-3-15(21)12-4-5-13(17)14(18)9-12/h4-6,8-11,15H,2-3,7H2,1H3/t11-,15+/m0/s1. The van der Waals surface area contributed by atoms with Crippen molar-refractivity contribution in [2.45, 2.75) is 31.8 Å². The van der Waals surface area contributed by atoms with Crippen LogP contribution in [0, 0.1) is 0 Å². The normalized spacial score (nSPS) is 19.4. The Labute approximate surface area is 139 Å². The molecule has 0 radical (unpaired) electrons. The third-order valence-electron chi connectivity index (χ3n) is 4.19. The summed E-state index contributed by atoms with van der Waals surface area (Å²) in [6, 6.07) is 5.41. The summed E-state index contributed by atoms with van der Waals surface area (Å²) in [5, 5.41) is 1.06. The SMILES string of the molecule is C[C@@H](C(=O)N1CCC[C@@H]1c1ccc(Cl)c(Cl)c1)n1ccnc1. The second-order valence-electron chi connectivity index (χ2n) is 5.55. The lowest BCUT2D eigenvalue weighted by Gasteiger charge is -2.28. The van der Waals surface area contributed by atoms with Crippen LogP contribution in [0.4, 0.5) is 0 Å². The number of likely N-dealkylation sites (tertiary alicyclic amines) is 1. The Balaban J connectivity index is 1.83. The summed E-state index contributed by atoms with van der Waals surface area (Å²) in [7, 11) is 0. The molecule has 1 aromatic carbocycles. The van der Waals surface area contributed by atoms with Crippen LogP contribution >= 0.6 is 23.2 Å². The van der Waals surface area contributed by atoms with Gasteiger partial charge in [0, 0.05) is 18.9 Å². The van der Waals surface area contributed by atoms with Gasteiger partial charge in [-0.15, -0.1) is 0 Å². The van der Waals surface area contributed by atoms with Gasteiger partial charge in [-0.05, 0) is 37.5 Å². The van der Waals surface area contributed by atoms with Gasteiger partial charge < -0.3 is 9.47 Å². The van der Waals surface area contributed by atoms with Crippen LogP contribution in [0.15, 0.2) is 36.9 Å². The number of rotatable bonds is 3. The Morgan fingerprint density at radius 3 is 2.86 bits per heavy atom. The van der Waals surface area contributed by atoms with Crippen molar-refractivity contribution in [1.82, 2.24) is 14.5 Å². The largest absolute Gasteiger partial charge is 0.334 e. The van der Waals surface area contributed by atoms with Crippen LogP contribution in [0.25, 0.3) is 0 Å². The molecule has 116 valence electrons. The van der Waals surface area contributed by atoms with Gasteiger partial charge in [-0.3, -0.25) is 4.79 Å². The maximum Gasteiger partial charge on any atom is 0.245 e. The van der Waals surface area contributed by atoms with E-state index in [0.29, 0.717) is 10.0 Å². The van der Waals surface area contributed by atoms with Crippen molar-refractivity contribution in [3.8, 4) is 0 Å². The minimum Gasteiger partial charge on any atom is -0.334 e. The topological polar surface area (TPSA) is 38.1 Å². The summed E-state index contributed by atoms with van der Waals surface area (Å²) in [5.41, 5.74) is 1.04. The van der Waals surface area contributed by atoms with Gasteiger partial charge >= 0.3 is 0 Å². The molecular weight excluding hydrogens is 321 g/mol. The molecule has 0 spiro atoms. The van der Waals surface area contributed by atoms with Crippen molar-refractivity contribution in [2.75, 3.05) is 6.54 Å². The van der Waals surface area contributed by atoms with Gasteiger partial charge in [0.1, 0.15) is 6.04 Å². The molecule has 1 aliphatic rings. The van der Waals surface area contributed by atoms with E-state index in [-0.39, 0.29) is 18.0 Å². The zero-order valence-corrected chi connectivity index (χ0v) is 13.8. The highest BCUT2D eigenvalue weighted by molar-refractivity contribution is 6.42. The lowest BCUT2D eigenvalue weighted by atomic mass is 10.0. The molecule has 2 heterocycles. The Hall–Kier alpha value is -1.52. The average Bonchev–Trinajstić information content (AvgIpc) is 3.19. The lowest BCUT2D eigenvalue weighted by molar-refractivity contribution is -0.135. The van der Waals surface area contributed by atoms with E-state index < -0.39 is 0 Å². The van der Waals surface area contributed by atoms with Crippen molar-refractivity contribution in [2.24, 2.45) is 0 Å². The summed E-state index contributed by atoms with van der Waals surface area (Å²) in [5.74, 6) is 0.103. The molecule has 1 saturated heterocycles. The van der Waals surface area contributed by atoms with E-state index in [0.717, 1.165) is 24.9 Å². The van der Waals surface area contributed by atoms with Gasteiger partial charge in [-0.2, -0.15) is 0 Å². The Morgan fingerprint density at radius 2 is 2.18 bits per heavy atom. The van der Waals surface area contributed by atoms with Crippen LogP contribution in [0.5, 0.6) is 0 Å². The third kappa shape index (κ3) is 2.85. The smallest absolute Gasteiger partial charge is 0.245 e.